The van der Waals surface area contributed by atoms with Gasteiger partial charge in [-0.15, -0.1) is 0 Å². The maximum Gasteiger partial charge on any atom is 0.255 e. The van der Waals surface area contributed by atoms with Gasteiger partial charge in [0.25, 0.3) is 5.91 Å². The van der Waals surface area contributed by atoms with Crippen molar-refractivity contribution in [2.45, 2.75) is 43.7 Å². The fourth-order valence-corrected chi connectivity index (χ4v) is 6.85. The van der Waals surface area contributed by atoms with E-state index in [0.29, 0.717) is 16.8 Å². The number of carbonyl (C=O) groups excluding carboxylic acids is 3. The summed E-state index contributed by atoms with van der Waals surface area (Å²) in [6.07, 6.45) is 4.71. The quantitative estimate of drug-likeness (QED) is 0.244. The molecule has 0 radical (unpaired) electrons. The van der Waals surface area contributed by atoms with E-state index in [1.807, 2.05) is 13.1 Å². The smallest absolute Gasteiger partial charge is 0.255 e. The third kappa shape index (κ3) is 3.75. The van der Waals surface area contributed by atoms with Crippen LogP contribution in [0.5, 0.6) is 5.75 Å². The summed E-state index contributed by atoms with van der Waals surface area (Å²) in [5.74, 6) is -6.47. The number of likely N-dealkylation sites (tertiary alicyclic amines) is 1. The number of phenols is 1. The average Bonchev–Trinajstić information content (AvgIpc) is 3.43. The van der Waals surface area contributed by atoms with Crippen LogP contribution in [0, 0.1) is 11.8 Å². The van der Waals surface area contributed by atoms with E-state index in [2.05, 4.69) is 10.2 Å². The van der Waals surface area contributed by atoms with Crippen LogP contribution in [0.3, 0.4) is 0 Å². The van der Waals surface area contributed by atoms with Crippen LogP contribution in [0.25, 0.3) is 16.9 Å². The van der Waals surface area contributed by atoms with E-state index in [1.54, 1.807) is 12.3 Å². The first-order valence-electron chi connectivity index (χ1n) is 13.4. The Morgan fingerprint density at radius 3 is 2.55 bits per heavy atom. The number of primary amides is 1. The molecule has 1 aromatic heterocycles. The number of piperidine rings is 1. The molecule has 2 fully saturated rings. The zero-order valence-electron chi connectivity index (χ0n) is 21.9. The number of aliphatic hydroxyl groups is 3. The molecule has 40 heavy (non-hydrogen) atoms. The van der Waals surface area contributed by atoms with Crippen LogP contribution in [0.4, 0.5) is 5.69 Å². The van der Waals surface area contributed by atoms with Gasteiger partial charge in [0, 0.05) is 29.5 Å². The second kappa shape index (κ2) is 9.24. The number of nitrogens with one attached hydrogen (secondary N) is 1. The Balaban J connectivity index is 1.50. The first kappa shape index (κ1) is 26.1. The molecule has 11 heteroatoms. The van der Waals surface area contributed by atoms with Gasteiger partial charge in [0.1, 0.15) is 22.8 Å². The topological polar surface area (TPSA) is 187 Å². The third-order valence-electron chi connectivity index (χ3n) is 8.97. The largest absolute Gasteiger partial charge is 0.508 e. The molecule has 2 aromatic rings. The number of phenolic OH excluding ortho intramolecular Hbond substituents is 1. The first-order chi connectivity index (χ1) is 19.0. The van der Waals surface area contributed by atoms with Crippen LogP contribution in [0.1, 0.15) is 36.8 Å². The molecule has 11 nitrogen and oxygen atoms in total. The molecule has 3 atom stereocenters. The lowest BCUT2D eigenvalue weighted by atomic mass is 9.59. The Kier molecular flexibility index (Phi) is 6.04. The maximum absolute atomic E-state index is 13.8. The number of Topliss-reactive ketones (excluding diaryl/α,β-unsaturated/α-hetero) is 2. The van der Waals surface area contributed by atoms with Crippen molar-refractivity contribution < 1.29 is 39.2 Å². The normalized spacial score (nSPS) is 27.4. The minimum atomic E-state index is -2.59. The third-order valence-corrected chi connectivity index (χ3v) is 8.97. The molecule has 210 valence electrons. The van der Waals surface area contributed by atoms with Crippen LogP contribution >= 0.6 is 0 Å². The number of carbonyl (C=O) groups is 3. The first-order valence-corrected chi connectivity index (χ1v) is 13.4. The number of benzene rings is 1. The highest BCUT2D eigenvalue weighted by molar-refractivity contribution is 6.22. The zero-order chi connectivity index (χ0) is 28.5. The molecule has 3 aliphatic carbocycles. The summed E-state index contributed by atoms with van der Waals surface area (Å²) in [6, 6.07) is 3.66. The molecule has 1 aromatic carbocycles. The minimum Gasteiger partial charge on any atom is -0.508 e. The van der Waals surface area contributed by atoms with Gasteiger partial charge in [0.15, 0.2) is 11.4 Å². The van der Waals surface area contributed by atoms with Crippen molar-refractivity contribution in [3.63, 3.8) is 0 Å². The lowest BCUT2D eigenvalue weighted by Crippen LogP contribution is -2.58. The Labute approximate surface area is 229 Å². The van der Waals surface area contributed by atoms with Crippen LogP contribution in [-0.4, -0.2) is 74.6 Å². The van der Waals surface area contributed by atoms with Crippen molar-refractivity contribution in [2.75, 3.05) is 25.5 Å². The number of aromatic hydroxyl groups is 1. The predicted molar refractivity (Wildman–Crippen MR) is 143 cm³/mol. The summed E-state index contributed by atoms with van der Waals surface area (Å²) in [7, 11) is 2.05. The standard InChI is InChI=1S/C29H31N3O8/c1-32-5-2-16(3-6-32)31-19-11-17(13-4-7-40-12-13)18-9-14-8-15-10-20(33)23(28(30)38)27(37)29(15,39)26(36)21(14)25(35)22(18)24(19)34/h4,7,11-12,14-16,31,34-35,37,39H,2-3,5-6,8-10H2,1H3,(H2,30,38)/t14-,15+,29+/m1/s1. The molecule has 0 spiro atoms. The fourth-order valence-electron chi connectivity index (χ4n) is 6.85. The highest BCUT2D eigenvalue weighted by atomic mass is 16.3. The number of amides is 1. The van der Waals surface area contributed by atoms with Crippen molar-refractivity contribution in [2.24, 2.45) is 17.6 Å². The number of anilines is 1. The van der Waals surface area contributed by atoms with E-state index in [1.165, 1.54) is 6.26 Å². The summed E-state index contributed by atoms with van der Waals surface area (Å²) in [5, 5.41) is 48.7. The lowest BCUT2D eigenvalue weighted by molar-refractivity contribution is -0.147. The van der Waals surface area contributed by atoms with Gasteiger partial charge in [-0.1, -0.05) is 0 Å². The van der Waals surface area contributed by atoms with Crippen molar-refractivity contribution in [1.29, 1.82) is 0 Å². The lowest BCUT2D eigenvalue weighted by Gasteiger charge is -2.46. The molecule has 6 rings (SSSR count). The summed E-state index contributed by atoms with van der Waals surface area (Å²) < 4.78 is 5.32. The second-order valence-corrected chi connectivity index (χ2v) is 11.3. The number of fused-ring (bicyclic) bond motifs is 3. The molecule has 7 N–H and O–H groups in total. The number of nitrogens with zero attached hydrogens (tertiary/aromatic N) is 1. The van der Waals surface area contributed by atoms with E-state index in [9.17, 15) is 34.8 Å². The summed E-state index contributed by atoms with van der Waals surface area (Å²) in [4.78, 5) is 40.5. The minimum absolute atomic E-state index is 0.0567. The molecule has 0 bridgehead atoms. The number of rotatable bonds is 4. The van der Waals surface area contributed by atoms with Gasteiger partial charge in [-0.05, 0) is 75.0 Å². The predicted octanol–water partition coefficient (Wildman–Crippen LogP) is 2.19. The highest BCUT2D eigenvalue weighted by Gasteiger charge is 2.60. The van der Waals surface area contributed by atoms with Gasteiger partial charge in [-0.3, -0.25) is 14.4 Å². The molecule has 1 saturated carbocycles. The van der Waals surface area contributed by atoms with Gasteiger partial charge >= 0.3 is 0 Å². The number of hydrogen-bond acceptors (Lipinski definition) is 10. The summed E-state index contributed by atoms with van der Waals surface area (Å²) in [6.45, 7) is 1.77. The van der Waals surface area contributed by atoms with Crippen molar-refractivity contribution in [3.05, 3.63) is 52.7 Å². The summed E-state index contributed by atoms with van der Waals surface area (Å²) >= 11 is 0. The number of aliphatic hydroxyl groups excluding tert-OH is 2. The molecule has 4 aliphatic rings. The molecule has 1 aliphatic heterocycles. The van der Waals surface area contributed by atoms with E-state index in [4.69, 9.17) is 10.2 Å². The Bertz CT molecular complexity index is 1500. The van der Waals surface area contributed by atoms with Crippen LogP contribution in [0.2, 0.25) is 0 Å². The Morgan fingerprint density at radius 2 is 1.90 bits per heavy atom. The van der Waals surface area contributed by atoms with Crippen LogP contribution in [-0.2, 0) is 20.8 Å². The molecule has 2 heterocycles. The van der Waals surface area contributed by atoms with Gasteiger partial charge in [0.05, 0.1) is 23.8 Å². The van der Waals surface area contributed by atoms with Crippen LogP contribution < -0.4 is 11.1 Å². The molecule has 1 amide bonds. The molecular weight excluding hydrogens is 518 g/mol. The Hall–Kier alpha value is -4.09. The molecule has 1 saturated heterocycles. The van der Waals surface area contributed by atoms with Crippen molar-refractivity contribution >= 4 is 28.9 Å². The average molecular weight is 550 g/mol. The fraction of sp³-hybridized carbons (Fsp3) is 0.414. The monoisotopic (exact) mass is 549 g/mol. The number of hydrogen-bond donors (Lipinski definition) is 6. The highest BCUT2D eigenvalue weighted by Crippen LogP contribution is 2.54. The van der Waals surface area contributed by atoms with Gasteiger partial charge in [-0.2, -0.15) is 0 Å². The van der Waals surface area contributed by atoms with Gasteiger partial charge in [0.2, 0.25) is 5.78 Å². The van der Waals surface area contributed by atoms with Crippen molar-refractivity contribution in [1.82, 2.24) is 4.90 Å². The van der Waals surface area contributed by atoms with E-state index >= 15 is 0 Å². The number of ketones is 2. The zero-order valence-corrected chi connectivity index (χ0v) is 21.9. The molecule has 0 unspecified atom stereocenters. The van der Waals surface area contributed by atoms with Crippen molar-refractivity contribution in [3.8, 4) is 16.9 Å². The van der Waals surface area contributed by atoms with E-state index in [0.717, 1.165) is 31.5 Å². The second-order valence-electron chi connectivity index (χ2n) is 11.3. The maximum atomic E-state index is 13.8. The number of nitrogens with two attached hydrogens (primary N) is 1. The van der Waals surface area contributed by atoms with Gasteiger partial charge < -0.3 is 40.8 Å². The van der Waals surface area contributed by atoms with Gasteiger partial charge in [-0.25, -0.2) is 0 Å². The Morgan fingerprint density at radius 1 is 1.18 bits per heavy atom. The number of furan rings is 1. The van der Waals surface area contributed by atoms with E-state index < -0.39 is 52.0 Å². The molecular formula is C29H31N3O8. The SMILES string of the molecule is CN1CCC(Nc2cc(-c3ccoc3)c3c(c2O)C(O)=C2C(=O)[C@]4(O)C(O)=C(C(N)=O)C(=O)C[C@@H]4C[C@@H]2C3)CC1. The van der Waals surface area contributed by atoms with E-state index in [-0.39, 0.29) is 42.2 Å². The van der Waals surface area contributed by atoms with Crippen LogP contribution in [0.15, 0.2) is 46.0 Å². The summed E-state index contributed by atoms with van der Waals surface area (Å²) in [5.41, 5.74) is 4.16.